The van der Waals surface area contributed by atoms with Gasteiger partial charge in [-0.25, -0.2) is 9.45 Å². The molecule has 0 amide bonds. The monoisotopic (exact) mass is 356 g/mol. The third-order valence-corrected chi connectivity index (χ3v) is 4.29. The van der Waals surface area contributed by atoms with E-state index < -0.39 is 7.82 Å². The molecule has 0 heterocycles. The molecular formula is C19H17O5P. The van der Waals surface area contributed by atoms with E-state index in [1.165, 1.54) is 0 Å². The van der Waals surface area contributed by atoms with Gasteiger partial charge in [-0.1, -0.05) is 66.7 Å². The Morgan fingerprint density at radius 2 is 1.08 bits per heavy atom. The summed E-state index contributed by atoms with van der Waals surface area (Å²) < 4.78 is 28.9. The molecule has 0 bridgehead atoms. The molecule has 0 fully saturated rings. The van der Waals surface area contributed by atoms with Gasteiger partial charge in [0.2, 0.25) is 0 Å². The fraction of sp³-hybridized carbons (Fsp3) is 0.0526. The zero-order valence-electron chi connectivity index (χ0n) is 13.4. The largest absolute Gasteiger partial charge is 0.615 e. The number of rotatable bonds is 8. The summed E-state index contributed by atoms with van der Waals surface area (Å²) in [6.45, 7) is 0.112. The Kier molecular flexibility index (Phi) is 5.86. The molecule has 0 aliphatic heterocycles. The van der Waals surface area contributed by atoms with Crippen molar-refractivity contribution in [3.05, 3.63) is 96.6 Å². The minimum absolute atomic E-state index is 0.112. The summed E-state index contributed by atoms with van der Waals surface area (Å²) in [5, 5.41) is 0. The Bertz CT molecular complexity index is 763. The molecular weight excluding hydrogens is 339 g/mol. The van der Waals surface area contributed by atoms with Crippen LogP contribution in [0.25, 0.3) is 0 Å². The number of hydrogen-bond acceptors (Lipinski definition) is 5. The Labute approximate surface area is 146 Å². The molecule has 3 rings (SSSR count). The van der Waals surface area contributed by atoms with Crippen molar-refractivity contribution in [2.24, 2.45) is 0 Å². The molecule has 0 saturated carbocycles. The summed E-state index contributed by atoms with van der Waals surface area (Å²) in [6, 6.07) is 26.7. The van der Waals surface area contributed by atoms with Crippen molar-refractivity contribution in [1.29, 1.82) is 0 Å². The molecule has 0 aliphatic rings. The third kappa shape index (κ3) is 5.47. The van der Waals surface area contributed by atoms with Gasteiger partial charge < -0.3 is 9.05 Å². The Hall–Kier alpha value is -2.59. The van der Waals surface area contributed by atoms with Crippen molar-refractivity contribution in [2.45, 2.75) is 6.61 Å². The lowest BCUT2D eigenvalue weighted by molar-refractivity contribution is -0.229. The normalized spacial score (nSPS) is 11.0. The van der Waals surface area contributed by atoms with E-state index in [4.69, 9.17) is 18.6 Å². The van der Waals surface area contributed by atoms with Gasteiger partial charge in [0.1, 0.15) is 18.1 Å². The minimum Gasteiger partial charge on any atom is -0.394 e. The average Bonchev–Trinajstić information content (AvgIpc) is 2.64. The Morgan fingerprint density at radius 3 is 1.56 bits per heavy atom. The van der Waals surface area contributed by atoms with Crippen LogP contribution in [0.2, 0.25) is 0 Å². The topological polar surface area (TPSA) is 54.0 Å². The van der Waals surface area contributed by atoms with Crippen molar-refractivity contribution in [2.75, 3.05) is 0 Å². The van der Waals surface area contributed by atoms with E-state index in [2.05, 4.69) is 0 Å². The molecule has 0 aliphatic carbocycles. The zero-order chi connectivity index (χ0) is 17.4. The summed E-state index contributed by atoms with van der Waals surface area (Å²) in [5.74, 6) is 0.704. The first-order valence-electron chi connectivity index (χ1n) is 7.68. The molecule has 0 radical (unpaired) electrons. The van der Waals surface area contributed by atoms with Gasteiger partial charge in [-0.15, -0.1) is 4.67 Å². The van der Waals surface area contributed by atoms with Crippen LogP contribution in [0.4, 0.5) is 0 Å². The molecule has 0 atom stereocenters. The van der Waals surface area contributed by atoms with Gasteiger partial charge in [0.05, 0.1) is 0 Å². The van der Waals surface area contributed by atoms with Crippen LogP contribution in [-0.4, -0.2) is 0 Å². The number of benzene rings is 3. The molecule has 5 nitrogen and oxygen atoms in total. The van der Waals surface area contributed by atoms with Gasteiger partial charge in [0, 0.05) is 0 Å². The average molecular weight is 356 g/mol. The van der Waals surface area contributed by atoms with E-state index in [9.17, 15) is 4.57 Å². The Balaban J connectivity index is 1.70. The van der Waals surface area contributed by atoms with Crippen molar-refractivity contribution >= 4 is 7.82 Å². The maximum absolute atomic E-state index is 13.0. The predicted octanol–water partition coefficient (Wildman–Crippen LogP) is 5.40. The first-order valence-corrected chi connectivity index (χ1v) is 9.14. The molecule has 0 spiro atoms. The van der Waals surface area contributed by atoms with Gasteiger partial charge in [0.25, 0.3) is 0 Å². The summed E-state index contributed by atoms with van der Waals surface area (Å²) in [4.78, 5) is 5.12. The summed E-state index contributed by atoms with van der Waals surface area (Å²) >= 11 is 0. The number of phosphoric acid groups is 1. The summed E-state index contributed by atoms with van der Waals surface area (Å²) in [6.07, 6.45) is 0. The van der Waals surface area contributed by atoms with Crippen LogP contribution in [-0.2, 0) is 20.7 Å². The van der Waals surface area contributed by atoms with Crippen LogP contribution in [0, 0.1) is 0 Å². The first-order chi connectivity index (χ1) is 12.2. The molecule has 0 N–H and O–H groups in total. The van der Waals surface area contributed by atoms with E-state index in [1.807, 2.05) is 42.5 Å². The molecule has 6 heteroatoms. The second-order valence-electron chi connectivity index (χ2n) is 5.08. The quantitative estimate of drug-likeness (QED) is 0.307. The van der Waals surface area contributed by atoms with Crippen LogP contribution in [0.1, 0.15) is 5.56 Å². The van der Waals surface area contributed by atoms with E-state index >= 15 is 0 Å². The summed E-state index contributed by atoms with van der Waals surface area (Å²) in [5.41, 5.74) is 0.869. The van der Waals surface area contributed by atoms with Gasteiger partial charge in [-0.2, -0.15) is 0 Å². The highest BCUT2D eigenvalue weighted by molar-refractivity contribution is 7.49. The van der Waals surface area contributed by atoms with Gasteiger partial charge in [-0.05, 0) is 29.8 Å². The van der Waals surface area contributed by atoms with E-state index in [0.29, 0.717) is 11.5 Å². The molecule has 25 heavy (non-hydrogen) atoms. The van der Waals surface area contributed by atoms with Crippen LogP contribution in [0.5, 0.6) is 11.5 Å². The van der Waals surface area contributed by atoms with Gasteiger partial charge >= 0.3 is 7.82 Å². The van der Waals surface area contributed by atoms with E-state index in [-0.39, 0.29) is 6.61 Å². The third-order valence-electron chi connectivity index (χ3n) is 3.13. The van der Waals surface area contributed by atoms with E-state index in [0.717, 1.165) is 5.56 Å². The number of hydrogen-bond donors (Lipinski definition) is 0. The highest BCUT2D eigenvalue weighted by Crippen LogP contribution is 2.49. The van der Waals surface area contributed by atoms with Crippen molar-refractivity contribution in [3.8, 4) is 11.5 Å². The molecule has 128 valence electrons. The first kappa shape index (κ1) is 17.2. The maximum atomic E-state index is 13.0. The van der Waals surface area contributed by atoms with Crippen molar-refractivity contribution < 1.29 is 23.2 Å². The van der Waals surface area contributed by atoms with Crippen LogP contribution < -0.4 is 9.05 Å². The second kappa shape index (κ2) is 8.49. The fourth-order valence-corrected chi connectivity index (χ4v) is 3.04. The highest BCUT2D eigenvalue weighted by atomic mass is 31.2. The second-order valence-corrected chi connectivity index (χ2v) is 6.49. The number of phosphoric ester groups is 1. The maximum Gasteiger partial charge on any atom is 0.615 e. The number of para-hydroxylation sites is 2. The van der Waals surface area contributed by atoms with Gasteiger partial charge in [-0.3, -0.25) is 0 Å². The smallest absolute Gasteiger partial charge is 0.394 e. The van der Waals surface area contributed by atoms with E-state index in [1.54, 1.807) is 48.5 Å². The predicted molar refractivity (Wildman–Crippen MR) is 94.1 cm³/mol. The SMILES string of the molecule is O=P(OOCc1ccccc1)(Oc1ccccc1)Oc1ccccc1. The molecule has 3 aromatic rings. The highest BCUT2D eigenvalue weighted by Gasteiger charge is 2.32. The summed E-state index contributed by atoms with van der Waals surface area (Å²) in [7, 11) is -4.02. The Morgan fingerprint density at radius 1 is 0.640 bits per heavy atom. The van der Waals surface area contributed by atoms with Crippen LogP contribution >= 0.6 is 7.82 Å². The fourth-order valence-electron chi connectivity index (χ4n) is 2.00. The van der Waals surface area contributed by atoms with Gasteiger partial charge in [0.15, 0.2) is 0 Å². The van der Waals surface area contributed by atoms with Crippen molar-refractivity contribution in [3.63, 3.8) is 0 Å². The lowest BCUT2D eigenvalue weighted by atomic mass is 10.2. The minimum atomic E-state index is -4.02. The molecule has 0 unspecified atom stereocenters. The van der Waals surface area contributed by atoms with Crippen molar-refractivity contribution in [1.82, 2.24) is 0 Å². The molecule has 0 aromatic heterocycles. The molecule has 0 saturated heterocycles. The zero-order valence-corrected chi connectivity index (χ0v) is 14.3. The molecule has 3 aromatic carbocycles. The standard InChI is InChI=1S/C19H17O5P/c20-25(22-18-12-6-2-7-13-18,23-19-14-8-3-9-15-19)24-21-16-17-10-4-1-5-11-17/h1-15H,16H2. The van der Waals surface area contributed by atoms with Crippen LogP contribution in [0.15, 0.2) is 91.0 Å². The van der Waals surface area contributed by atoms with Crippen LogP contribution in [0.3, 0.4) is 0 Å². The lowest BCUT2D eigenvalue weighted by Gasteiger charge is -2.17. The lowest BCUT2D eigenvalue weighted by Crippen LogP contribution is -2.06.